The van der Waals surface area contributed by atoms with Crippen molar-refractivity contribution in [3.8, 4) is 17.0 Å². The molecule has 5 nitrogen and oxygen atoms in total. The molecule has 3 aromatic rings. The van der Waals surface area contributed by atoms with Crippen molar-refractivity contribution in [2.45, 2.75) is 19.0 Å². The molecule has 1 aromatic heterocycles. The molecule has 1 aliphatic heterocycles. The van der Waals surface area contributed by atoms with E-state index < -0.39 is 0 Å². The third-order valence-electron chi connectivity index (χ3n) is 4.92. The van der Waals surface area contributed by atoms with Gasteiger partial charge in [0.2, 0.25) is 0 Å². The minimum Gasteiger partial charge on any atom is -0.496 e. The van der Waals surface area contributed by atoms with Gasteiger partial charge in [0.1, 0.15) is 11.4 Å². The van der Waals surface area contributed by atoms with Crippen LogP contribution in [-0.4, -0.2) is 41.1 Å². The minimum absolute atomic E-state index is 0.360. The van der Waals surface area contributed by atoms with E-state index in [2.05, 4.69) is 50.5 Å². The van der Waals surface area contributed by atoms with Crippen molar-refractivity contribution in [3.05, 3.63) is 72.6 Å². The number of hydrogen-bond acceptors (Lipinski definition) is 5. The van der Waals surface area contributed by atoms with Crippen molar-refractivity contribution in [1.29, 1.82) is 0 Å². The van der Waals surface area contributed by atoms with E-state index in [-0.39, 0.29) is 0 Å². The Labute approximate surface area is 160 Å². The van der Waals surface area contributed by atoms with Crippen molar-refractivity contribution >= 4 is 5.82 Å². The van der Waals surface area contributed by atoms with E-state index in [0.29, 0.717) is 6.04 Å². The number of nitrogens with one attached hydrogen (secondary N) is 1. The Morgan fingerprint density at radius 1 is 1.04 bits per heavy atom. The van der Waals surface area contributed by atoms with Crippen LogP contribution in [0.3, 0.4) is 0 Å². The van der Waals surface area contributed by atoms with Gasteiger partial charge in [0.15, 0.2) is 5.82 Å². The molecular formula is C22H24N4O. The summed E-state index contributed by atoms with van der Waals surface area (Å²) in [6, 6.07) is 18.9. The first kappa shape index (κ1) is 17.5. The van der Waals surface area contributed by atoms with Crippen LogP contribution in [0.2, 0.25) is 0 Å². The molecule has 0 saturated carbocycles. The van der Waals surface area contributed by atoms with Crippen LogP contribution in [0, 0.1) is 0 Å². The summed E-state index contributed by atoms with van der Waals surface area (Å²) in [5.41, 5.74) is 3.14. The van der Waals surface area contributed by atoms with Gasteiger partial charge in [0, 0.05) is 43.6 Å². The quantitative estimate of drug-likeness (QED) is 0.724. The highest BCUT2D eigenvalue weighted by atomic mass is 16.5. The summed E-state index contributed by atoms with van der Waals surface area (Å²) in [7, 11) is 1.68. The molecular weight excluding hydrogens is 336 g/mol. The fraction of sp³-hybridized carbons (Fsp3) is 0.273. The monoisotopic (exact) mass is 360 g/mol. The second-order valence-electron chi connectivity index (χ2n) is 6.80. The summed E-state index contributed by atoms with van der Waals surface area (Å²) in [5.74, 6) is 1.62. The molecule has 0 unspecified atom stereocenters. The first-order valence-corrected chi connectivity index (χ1v) is 9.30. The third kappa shape index (κ3) is 4.09. The van der Waals surface area contributed by atoms with E-state index in [1.54, 1.807) is 19.5 Å². The second kappa shape index (κ2) is 8.18. The first-order valence-electron chi connectivity index (χ1n) is 9.30. The third-order valence-corrected chi connectivity index (χ3v) is 4.92. The lowest BCUT2D eigenvalue weighted by Gasteiger charge is -2.18. The predicted octanol–water partition coefficient (Wildman–Crippen LogP) is 3.84. The molecule has 27 heavy (non-hydrogen) atoms. The number of rotatable bonds is 6. The van der Waals surface area contributed by atoms with E-state index in [1.807, 2.05) is 24.3 Å². The summed E-state index contributed by atoms with van der Waals surface area (Å²) < 4.78 is 5.50. The Balaban J connectivity index is 1.48. The summed E-state index contributed by atoms with van der Waals surface area (Å²) in [6.07, 6.45) is 4.55. The molecule has 1 saturated heterocycles. The lowest BCUT2D eigenvalue weighted by Crippen LogP contribution is -2.26. The van der Waals surface area contributed by atoms with Gasteiger partial charge in [-0.3, -0.25) is 9.88 Å². The SMILES string of the molecule is COc1ccccc1-c1nccnc1N[C@H]1CCN(Cc2ccccc2)C1. The van der Waals surface area contributed by atoms with Gasteiger partial charge >= 0.3 is 0 Å². The number of methoxy groups -OCH3 is 1. The fourth-order valence-corrected chi connectivity index (χ4v) is 3.61. The number of benzene rings is 2. The van der Waals surface area contributed by atoms with Gasteiger partial charge in [-0.05, 0) is 24.1 Å². The molecule has 1 aliphatic rings. The lowest BCUT2D eigenvalue weighted by molar-refractivity contribution is 0.328. The summed E-state index contributed by atoms with van der Waals surface area (Å²) >= 11 is 0. The maximum atomic E-state index is 5.50. The van der Waals surface area contributed by atoms with Gasteiger partial charge < -0.3 is 10.1 Å². The largest absolute Gasteiger partial charge is 0.496 e. The highest BCUT2D eigenvalue weighted by molar-refractivity contribution is 5.76. The molecule has 0 radical (unpaired) electrons. The minimum atomic E-state index is 0.360. The normalized spacial score (nSPS) is 17.0. The number of anilines is 1. The van der Waals surface area contributed by atoms with Crippen LogP contribution in [0.25, 0.3) is 11.3 Å². The van der Waals surface area contributed by atoms with Crippen molar-refractivity contribution in [2.24, 2.45) is 0 Å². The molecule has 0 bridgehead atoms. The topological polar surface area (TPSA) is 50.3 Å². The van der Waals surface area contributed by atoms with Crippen molar-refractivity contribution in [1.82, 2.24) is 14.9 Å². The Morgan fingerprint density at radius 2 is 1.81 bits per heavy atom. The average Bonchev–Trinajstić information content (AvgIpc) is 3.16. The molecule has 5 heteroatoms. The van der Waals surface area contributed by atoms with Crippen molar-refractivity contribution in [3.63, 3.8) is 0 Å². The van der Waals surface area contributed by atoms with Crippen LogP contribution in [0.1, 0.15) is 12.0 Å². The molecule has 2 heterocycles. The Hall–Kier alpha value is -2.92. The Kier molecular flexibility index (Phi) is 5.30. The molecule has 0 spiro atoms. The number of nitrogens with zero attached hydrogens (tertiary/aromatic N) is 3. The molecule has 1 N–H and O–H groups in total. The van der Waals surface area contributed by atoms with Crippen LogP contribution in [-0.2, 0) is 6.54 Å². The second-order valence-corrected chi connectivity index (χ2v) is 6.80. The smallest absolute Gasteiger partial charge is 0.152 e. The zero-order valence-corrected chi connectivity index (χ0v) is 15.5. The highest BCUT2D eigenvalue weighted by Gasteiger charge is 2.24. The van der Waals surface area contributed by atoms with Crippen LogP contribution in [0.4, 0.5) is 5.82 Å². The van der Waals surface area contributed by atoms with Gasteiger partial charge in [-0.15, -0.1) is 0 Å². The summed E-state index contributed by atoms with van der Waals surface area (Å²) in [6.45, 7) is 3.06. The fourth-order valence-electron chi connectivity index (χ4n) is 3.61. The van der Waals surface area contributed by atoms with Crippen molar-refractivity contribution in [2.75, 3.05) is 25.5 Å². The summed E-state index contributed by atoms with van der Waals surface area (Å²) in [4.78, 5) is 11.6. The van der Waals surface area contributed by atoms with Gasteiger partial charge in [0.25, 0.3) is 0 Å². The molecule has 1 atom stereocenters. The van der Waals surface area contributed by atoms with Gasteiger partial charge in [-0.1, -0.05) is 42.5 Å². The van der Waals surface area contributed by atoms with E-state index in [0.717, 1.165) is 48.9 Å². The number of aromatic nitrogens is 2. The average molecular weight is 360 g/mol. The number of hydrogen-bond donors (Lipinski definition) is 1. The standard InChI is InChI=1S/C22H24N4O/c1-27-20-10-6-5-9-19(20)21-22(24-13-12-23-21)25-18-11-14-26(16-18)15-17-7-3-2-4-8-17/h2-10,12-13,18H,11,14-16H2,1H3,(H,24,25)/t18-/m0/s1. The highest BCUT2D eigenvalue weighted by Crippen LogP contribution is 2.32. The molecule has 138 valence electrons. The van der Waals surface area contributed by atoms with Crippen molar-refractivity contribution < 1.29 is 4.74 Å². The van der Waals surface area contributed by atoms with E-state index in [4.69, 9.17) is 4.74 Å². The number of likely N-dealkylation sites (tertiary alicyclic amines) is 1. The number of ether oxygens (including phenoxy) is 1. The van der Waals surface area contributed by atoms with Gasteiger partial charge in [0.05, 0.1) is 7.11 Å². The van der Waals surface area contributed by atoms with E-state index in [1.165, 1.54) is 5.56 Å². The maximum absolute atomic E-state index is 5.50. The lowest BCUT2D eigenvalue weighted by atomic mass is 10.1. The molecule has 4 rings (SSSR count). The zero-order chi connectivity index (χ0) is 18.5. The van der Waals surface area contributed by atoms with Crippen LogP contribution in [0.15, 0.2) is 67.0 Å². The number of para-hydroxylation sites is 1. The Bertz CT molecular complexity index is 884. The molecule has 0 amide bonds. The first-order chi connectivity index (χ1) is 13.3. The van der Waals surface area contributed by atoms with E-state index >= 15 is 0 Å². The van der Waals surface area contributed by atoms with Gasteiger partial charge in [-0.25, -0.2) is 4.98 Å². The molecule has 1 fully saturated rings. The maximum Gasteiger partial charge on any atom is 0.152 e. The zero-order valence-electron chi connectivity index (χ0n) is 15.5. The Morgan fingerprint density at radius 3 is 2.67 bits per heavy atom. The molecule has 0 aliphatic carbocycles. The molecule has 2 aromatic carbocycles. The van der Waals surface area contributed by atoms with E-state index in [9.17, 15) is 0 Å². The van der Waals surface area contributed by atoms with Crippen LogP contribution in [0.5, 0.6) is 5.75 Å². The van der Waals surface area contributed by atoms with Gasteiger partial charge in [-0.2, -0.15) is 0 Å². The van der Waals surface area contributed by atoms with Crippen LogP contribution >= 0.6 is 0 Å². The summed E-state index contributed by atoms with van der Waals surface area (Å²) in [5, 5.41) is 3.60. The predicted molar refractivity (Wildman–Crippen MR) is 108 cm³/mol. The van der Waals surface area contributed by atoms with Crippen LogP contribution < -0.4 is 10.1 Å².